The van der Waals surface area contributed by atoms with Gasteiger partial charge in [0, 0.05) is 17.2 Å². The minimum Gasteiger partial charge on any atom is -0.481 e. The lowest BCUT2D eigenvalue weighted by molar-refractivity contribution is -0.133. The molecule has 0 amide bonds. The fourth-order valence-electron chi connectivity index (χ4n) is 1.82. The van der Waals surface area contributed by atoms with Gasteiger partial charge < -0.3 is 9.67 Å². The number of nitrogens with zero attached hydrogens (tertiary/aromatic N) is 3. The van der Waals surface area contributed by atoms with Gasteiger partial charge in [0.2, 0.25) is 0 Å². The smallest absolute Gasteiger partial charge is 0.313 e. The summed E-state index contributed by atoms with van der Waals surface area (Å²) in [6.07, 6.45) is 1.73. The van der Waals surface area contributed by atoms with E-state index in [4.69, 9.17) is 5.11 Å². The minimum atomic E-state index is -0.849. The highest BCUT2D eigenvalue weighted by atomic mass is 79.9. The first-order valence-electron chi connectivity index (χ1n) is 6.13. The Kier molecular flexibility index (Phi) is 4.39. The van der Waals surface area contributed by atoms with Crippen LogP contribution in [0.4, 0.5) is 0 Å². The number of rotatable bonds is 4. The maximum Gasteiger partial charge on any atom is 0.313 e. The maximum atomic E-state index is 10.8. The van der Waals surface area contributed by atoms with E-state index in [1.54, 1.807) is 6.20 Å². The fourth-order valence-corrected chi connectivity index (χ4v) is 2.86. The number of imidazole rings is 1. The van der Waals surface area contributed by atoms with E-state index in [1.807, 2.05) is 10.6 Å². The molecule has 1 N–H and O–H groups in total. The molecule has 0 aliphatic carbocycles. The minimum absolute atomic E-state index is 0.00532. The van der Waals surface area contributed by atoms with Crippen molar-refractivity contribution in [3.63, 3.8) is 0 Å². The zero-order chi connectivity index (χ0) is 14.9. The van der Waals surface area contributed by atoms with Crippen LogP contribution in [-0.4, -0.2) is 31.4 Å². The third-order valence-electron chi connectivity index (χ3n) is 2.47. The molecule has 20 heavy (non-hydrogen) atoms. The van der Waals surface area contributed by atoms with Crippen LogP contribution >= 0.6 is 27.7 Å². The molecule has 0 aromatic carbocycles. The van der Waals surface area contributed by atoms with Gasteiger partial charge in [0.1, 0.15) is 5.52 Å². The van der Waals surface area contributed by atoms with E-state index >= 15 is 0 Å². The van der Waals surface area contributed by atoms with E-state index in [0.29, 0.717) is 5.16 Å². The van der Waals surface area contributed by atoms with Crippen LogP contribution in [0.3, 0.4) is 0 Å². The monoisotopic (exact) mass is 357 g/mol. The second-order valence-electron chi connectivity index (χ2n) is 5.72. The highest BCUT2D eigenvalue weighted by Gasteiger charge is 2.19. The first-order chi connectivity index (χ1) is 9.26. The summed E-state index contributed by atoms with van der Waals surface area (Å²) in [7, 11) is 0. The van der Waals surface area contributed by atoms with Crippen LogP contribution < -0.4 is 0 Å². The summed E-state index contributed by atoms with van der Waals surface area (Å²) in [4.78, 5) is 19.7. The maximum absolute atomic E-state index is 10.8. The van der Waals surface area contributed by atoms with Crippen molar-refractivity contribution in [3.05, 3.63) is 16.7 Å². The summed E-state index contributed by atoms with van der Waals surface area (Å²) in [5.41, 5.74) is 1.62. The van der Waals surface area contributed by atoms with Crippen LogP contribution in [0.5, 0.6) is 0 Å². The normalized spacial score (nSPS) is 12.0. The molecule has 0 saturated carbocycles. The molecule has 2 aromatic rings. The largest absolute Gasteiger partial charge is 0.481 e. The molecule has 0 radical (unpaired) electrons. The van der Waals surface area contributed by atoms with Crippen LogP contribution in [0.25, 0.3) is 11.2 Å². The molecule has 7 heteroatoms. The van der Waals surface area contributed by atoms with Gasteiger partial charge in [-0.3, -0.25) is 4.79 Å². The van der Waals surface area contributed by atoms with Crippen molar-refractivity contribution >= 4 is 44.8 Å². The molecule has 2 aromatic heterocycles. The standard InChI is InChI=1S/C13H16BrN3O2S/c1-13(2,3)7-17-11-9(4-8(14)5-15-11)16-12(17)20-6-10(18)19/h4-5H,6-7H2,1-3H3,(H,18,19). The second kappa shape index (κ2) is 5.73. The summed E-state index contributed by atoms with van der Waals surface area (Å²) < 4.78 is 2.86. The zero-order valence-corrected chi connectivity index (χ0v) is 14.0. The Morgan fingerprint density at radius 1 is 1.50 bits per heavy atom. The molecule has 0 aliphatic rings. The number of carboxylic acids is 1. The predicted octanol–water partition coefficient (Wildman–Crippen LogP) is 3.42. The van der Waals surface area contributed by atoms with E-state index in [0.717, 1.165) is 22.2 Å². The van der Waals surface area contributed by atoms with Crippen LogP contribution in [0.15, 0.2) is 21.9 Å². The number of carboxylic acid groups (broad SMARTS) is 1. The Morgan fingerprint density at radius 3 is 2.80 bits per heavy atom. The van der Waals surface area contributed by atoms with Gasteiger partial charge in [-0.05, 0) is 27.4 Å². The Labute approximate surface area is 129 Å². The van der Waals surface area contributed by atoms with E-state index in [9.17, 15) is 4.79 Å². The Bertz CT molecular complexity index is 649. The molecule has 0 fully saturated rings. The van der Waals surface area contributed by atoms with E-state index < -0.39 is 5.97 Å². The topological polar surface area (TPSA) is 68.0 Å². The van der Waals surface area contributed by atoms with Crippen molar-refractivity contribution in [2.45, 2.75) is 32.5 Å². The number of aliphatic carboxylic acids is 1. The van der Waals surface area contributed by atoms with Crippen molar-refractivity contribution in [1.82, 2.24) is 14.5 Å². The van der Waals surface area contributed by atoms with Gasteiger partial charge in [-0.1, -0.05) is 32.5 Å². The van der Waals surface area contributed by atoms with Gasteiger partial charge in [0.25, 0.3) is 0 Å². The third-order valence-corrected chi connectivity index (χ3v) is 3.87. The third kappa shape index (κ3) is 3.73. The van der Waals surface area contributed by atoms with Crippen molar-refractivity contribution in [1.29, 1.82) is 0 Å². The fraction of sp³-hybridized carbons (Fsp3) is 0.462. The van der Waals surface area contributed by atoms with Crippen molar-refractivity contribution < 1.29 is 9.90 Å². The lowest BCUT2D eigenvalue weighted by atomic mass is 9.97. The Hall–Kier alpha value is -1.08. The van der Waals surface area contributed by atoms with Crippen LogP contribution in [0.2, 0.25) is 0 Å². The average Bonchev–Trinajstić information content (AvgIpc) is 2.62. The average molecular weight is 358 g/mol. The number of halogens is 1. The number of fused-ring (bicyclic) bond motifs is 1. The number of hydrogen-bond acceptors (Lipinski definition) is 4. The first kappa shape index (κ1) is 15.3. The van der Waals surface area contributed by atoms with Gasteiger partial charge >= 0.3 is 5.97 Å². The van der Waals surface area contributed by atoms with Gasteiger partial charge in [0.15, 0.2) is 10.8 Å². The molecule has 0 spiro atoms. The first-order valence-corrected chi connectivity index (χ1v) is 7.90. The molecule has 0 bridgehead atoms. The molecule has 108 valence electrons. The molecule has 0 saturated heterocycles. The van der Waals surface area contributed by atoms with E-state index in [-0.39, 0.29) is 11.2 Å². The van der Waals surface area contributed by atoms with Gasteiger partial charge in [0.05, 0.1) is 5.75 Å². The van der Waals surface area contributed by atoms with Gasteiger partial charge in [-0.25, -0.2) is 9.97 Å². The number of aromatic nitrogens is 3. The van der Waals surface area contributed by atoms with Crippen LogP contribution in [-0.2, 0) is 11.3 Å². The quantitative estimate of drug-likeness (QED) is 0.849. The molecule has 0 aliphatic heterocycles. The molecule has 5 nitrogen and oxygen atoms in total. The molecular formula is C13H16BrN3O2S. The van der Waals surface area contributed by atoms with Crippen molar-refractivity contribution in [2.24, 2.45) is 5.41 Å². The van der Waals surface area contributed by atoms with Crippen LogP contribution in [0, 0.1) is 5.41 Å². The highest BCUT2D eigenvalue weighted by Crippen LogP contribution is 2.28. The molecule has 2 rings (SSSR count). The van der Waals surface area contributed by atoms with Crippen LogP contribution in [0.1, 0.15) is 20.8 Å². The van der Waals surface area contributed by atoms with E-state index in [1.165, 1.54) is 11.8 Å². The molecular weight excluding hydrogens is 342 g/mol. The number of thioether (sulfide) groups is 1. The number of hydrogen-bond donors (Lipinski definition) is 1. The SMILES string of the molecule is CC(C)(C)Cn1c(SCC(=O)O)nc2cc(Br)cnc21. The van der Waals surface area contributed by atoms with Crippen molar-refractivity contribution in [2.75, 3.05) is 5.75 Å². The highest BCUT2D eigenvalue weighted by molar-refractivity contribution is 9.10. The van der Waals surface area contributed by atoms with Gasteiger partial charge in [-0.15, -0.1) is 0 Å². The molecule has 0 atom stereocenters. The second-order valence-corrected chi connectivity index (χ2v) is 7.58. The van der Waals surface area contributed by atoms with E-state index in [2.05, 4.69) is 46.7 Å². The zero-order valence-electron chi connectivity index (χ0n) is 11.6. The summed E-state index contributed by atoms with van der Waals surface area (Å²) in [6.45, 7) is 7.12. The Balaban J connectivity index is 2.47. The summed E-state index contributed by atoms with van der Waals surface area (Å²) >= 11 is 4.60. The van der Waals surface area contributed by atoms with Gasteiger partial charge in [-0.2, -0.15) is 0 Å². The molecule has 2 heterocycles. The number of pyridine rings is 1. The molecule has 0 unspecified atom stereocenters. The lowest BCUT2D eigenvalue weighted by Crippen LogP contribution is -2.16. The number of carbonyl (C=O) groups is 1. The Morgan fingerprint density at radius 2 is 2.20 bits per heavy atom. The summed E-state index contributed by atoms with van der Waals surface area (Å²) in [5.74, 6) is -0.854. The van der Waals surface area contributed by atoms with Crippen molar-refractivity contribution in [3.8, 4) is 0 Å². The summed E-state index contributed by atoms with van der Waals surface area (Å²) in [6, 6.07) is 1.90. The lowest BCUT2D eigenvalue weighted by Gasteiger charge is -2.20. The predicted molar refractivity (Wildman–Crippen MR) is 83.0 cm³/mol. The summed E-state index contributed by atoms with van der Waals surface area (Å²) in [5, 5.41) is 9.53.